The van der Waals surface area contributed by atoms with Crippen LogP contribution in [0.25, 0.3) is 0 Å². The largest absolute Gasteiger partial charge is 0.497 e. The van der Waals surface area contributed by atoms with Crippen LogP contribution in [0.3, 0.4) is 0 Å². The molecule has 2 heterocycles. The Morgan fingerprint density at radius 3 is 2.69 bits per heavy atom. The number of methoxy groups -OCH3 is 1. The summed E-state index contributed by atoms with van der Waals surface area (Å²) in [6.45, 7) is 1.97. The van der Waals surface area contributed by atoms with Gasteiger partial charge < -0.3 is 14.8 Å². The molecular formula is C19H20BN3O5S. The third kappa shape index (κ3) is 3.43. The van der Waals surface area contributed by atoms with Crippen molar-refractivity contribution in [2.24, 2.45) is 9.50 Å². The minimum Gasteiger partial charge on any atom is -0.497 e. The molecule has 2 N–H and O–H groups in total. The van der Waals surface area contributed by atoms with Crippen LogP contribution >= 0.6 is 0 Å². The van der Waals surface area contributed by atoms with Crippen LogP contribution in [0.15, 0.2) is 56.9 Å². The zero-order valence-electron chi connectivity index (χ0n) is 16.0. The highest BCUT2D eigenvalue weighted by Gasteiger charge is 2.35. The molecule has 0 aromatic heterocycles. The quantitative estimate of drug-likeness (QED) is 0.718. The van der Waals surface area contributed by atoms with Crippen LogP contribution in [0.2, 0.25) is 0 Å². The van der Waals surface area contributed by atoms with E-state index in [1.807, 2.05) is 6.92 Å². The van der Waals surface area contributed by atoms with E-state index in [4.69, 9.17) is 9.84 Å². The Morgan fingerprint density at radius 1 is 1.21 bits per heavy atom. The van der Waals surface area contributed by atoms with E-state index in [2.05, 4.69) is 4.40 Å². The standard InChI is InChI=1S/C19H20BN3O5S/c1-12-7-10-16(13-8-9-15(20(24)25)17(11-13)28-2)21-23(12)19-14-5-3-4-6-18(14)29(26,27)22-19/h3-6,8-9,11-12,24-25H,7,10H2,1-2H3. The van der Waals surface area contributed by atoms with Crippen LogP contribution in [0.4, 0.5) is 0 Å². The van der Waals surface area contributed by atoms with Crippen molar-refractivity contribution in [3.05, 3.63) is 53.6 Å². The van der Waals surface area contributed by atoms with Crippen molar-refractivity contribution in [3.63, 3.8) is 0 Å². The number of hydrogen-bond donors (Lipinski definition) is 2. The number of hydrazone groups is 1. The molecule has 2 aliphatic heterocycles. The lowest BCUT2D eigenvalue weighted by Crippen LogP contribution is -2.39. The number of amidine groups is 1. The van der Waals surface area contributed by atoms with Crippen molar-refractivity contribution in [2.75, 3.05) is 7.11 Å². The van der Waals surface area contributed by atoms with Gasteiger partial charge in [-0.2, -0.15) is 13.5 Å². The number of sulfonamides is 1. The molecule has 0 amide bonds. The zero-order valence-corrected chi connectivity index (χ0v) is 16.8. The molecule has 0 bridgehead atoms. The first-order valence-corrected chi connectivity index (χ1v) is 10.6. The molecule has 0 fully saturated rings. The van der Waals surface area contributed by atoms with Gasteiger partial charge in [0.1, 0.15) is 10.6 Å². The normalized spacial score (nSPS) is 20.0. The summed E-state index contributed by atoms with van der Waals surface area (Å²) in [7, 11) is -3.92. The highest BCUT2D eigenvalue weighted by Crippen LogP contribution is 2.31. The maximum atomic E-state index is 12.4. The Morgan fingerprint density at radius 2 is 1.97 bits per heavy atom. The lowest BCUT2D eigenvalue weighted by Gasteiger charge is -2.31. The van der Waals surface area contributed by atoms with E-state index in [0.717, 1.165) is 17.7 Å². The fraction of sp³-hybridized carbons (Fsp3) is 0.263. The molecule has 2 aliphatic rings. The molecular weight excluding hydrogens is 393 g/mol. The van der Waals surface area contributed by atoms with Gasteiger partial charge in [-0.3, -0.25) is 0 Å². The Hall–Kier alpha value is -2.69. The van der Waals surface area contributed by atoms with E-state index >= 15 is 0 Å². The van der Waals surface area contributed by atoms with Crippen molar-refractivity contribution < 1.29 is 23.2 Å². The number of nitrogens with zero attached hydrogens (tertiary/aromatic N) is 3. The molecule has 1 atom stereocenters. The van der Waals surface area contributed by atoms with E-state index < -0.39 is 17.1 Å². The van der Waals surface area contributed by atoms with Crippen molar-refractivity contribution in [1.82, 2.24) is 5.01 Å². The van der Waals surface area contributed by atoms with Crippen LogP contribution in [0.1, 0.15) is 30.9 Å². The number of hydrogen-bond acceptors (Lipinski definition) is 7. The van der Waals surface area contributed by atoms with E-state index in [-0.39, 0.29) is 16.4 Å². The predicted molar refractivity (Wildman–Crippen MR) is 110 cm³/mol. The lowest BCUT2D eigenvalue weighted by molar-refractivity contribution is 0.316. The summed E-state index contributed by atoms with van der Waals surface area (Å²) >= 11 is 0. The summed E-state index contributed by atoms with van der Waals surface area (Å²) < 4.78 is 34.1. The second kappa shape index (κ2) is 7.29. The van der Waals surface area contributed by atoms with Gasteiger partial charge in [-0.1, -0.05) is 24.3 Å². The van der Waals surface area contributed by atoms with Crippen LogP contribution in [-0.4, -0.2) is 55.3 Å². The van der Waals surface area contributed by atoms with E-state index in [9.17, 15) is 18.5 Å². The Labute approximate surface area is 169 Å². The molecule has 0 saturated carbocycles. The van der Waals surface area contributed by atoms with E-state index in [1.54, 1.807) is 47.5 Å². The van der Waals surface area contributed by atoms with Gasteiger partial charge >= 0.3 is 7.12 Å². The highest BCUT2D eigenvalue weighted by atomic mass is 32.2. The molecule has 1 unspecified atom stereocenters. The number of rotatable bonds is 3. The van der Waals surface area contributed by atoms with Gasteiger partial charge in [0.2, 0.25) is 0 Å². The SMILES string of the molecule is COc1cc(C2=NN(C3=NS(=O)(=O)c4ccccc43)C(C)CC2)ccc1B(O)O. The summed E-state index contributed by atoms with van der Waals surface area (Å²) in [5.74, 6) is 0.663. The summed E-state index contributed by atoms with van der Waals surface area (Å²) in [5.41, 5.74) is 2.31. The first-order chi connectivity index (χ1) is 13.8. The topological polar surface area (TPSA) is 112 Å². The third-order valence-corrected chi connectivity index (χ3v) is 6.44. The molecule has 150 valence electrons. The van der Waals surface area contributed by atoms with E-state index in [0.29, 0.717) is 23.6 Å². The number of benzene rings is 2. The Kier molecular flexibility index (Phi) is 4.93. The highest BCUT2D eigenvalue weighted by molar-refractivity contribution is 7.90. The first kappa shape index (κ1) is 19.6. The fourth-order valence-electron chi connectivity index (χ4n) is 3.56. The van der Waals surface area contributed by atoms with Crippen molar-refractivity contribution in [1.29, 1.82) is 0 Å². The Bertz CT molecular complexity index is 1130. The molecule has 8 nitrogen and oxygen atoms in total. The van der Waals surface area contributed by atoms with Gasteiger partial charge in [0.25, 0.3) is 10.0 Å². The molecule has 0 aliphatic carbocycles. The molecule has 0 saturated heterocycles. The number of ether oxygens (including phenoxy) is 1. The average Bonchev–Trinajstić information content (AvgIpc) is 2.99. The lowest BCUT2D eigenvalue weighted by atomic mass is 9.78. The zero-order chi connectivity index (χ0) is 20.8. The van der Waals surface area contributed by atoms with Crippen LogP contribution < -0.4 is 10.2 Å². The van der Waals surface area contributed by atoms with Gasteiger partial charge in [-0.15, -0.1) is 4.40 Å². The molecule has 4 rings (SSSR count). The number of fused-ring (bicyclic) bond motifs is 1. The molecule has 2 aromatic rings. The van der Waals surface area contributed by atoms with Crippen molar-refractivity contribution in [3.8, 4) is 5.75 Å². The third-order valence-electron chi connectivity index (χ3n) is 5.12. The summed E-state index contributed by atoms with van der Waals surface area (Å²) in [4.78, 5) is 0.187. The second-order valence-electron chi connectivity index (χ2n) is 7.00. The van der Waals surface area contributed by atoms with Crippen LogP contribution in [0, 0.1) is 0 Å². The van der Waals surface area contributed by atoms with Gasteiger partial charge in [0.05, 0.1) is 18.9 Å². The van der Waals surface area contributed by atoms with Gasteiger partial charge in [0, 0.05) is 16.6 Å². The Balaban J connectivity index is 1.77. The maximum absolute atomic E-state index is 12.4. The molecule has 0 radical (unpaired) electrons. The molecule has 0 spiro atoms. The van der Waals surface area contributed by atoms with Gasteiger partial charge in [-0.05, 0) is 38.0 Å². The average molecular weight is 413 g/mol. The van der Waals surface area contributed by atoms with Crippen molar-refractivity contribution >= 4 is 34.2 Å². The maximum Gasteiger partial charge on any atom is 0.492 e. The molecule has 10 heteroatoms. The van der Waals surface area contributed by atoms with Gasteiger partial charge in [0.15, 0.2) is 5.84 Å². The summed E-state index contributed by atoms with van der Waals surface area (Å²) in [6, 6.07) is 11.7. The van der Waals surface area contributed by atoms with Crippen molar-refractivity contribution in [2.45, 2.75) is 30.7 Å². The molecule has 29 heavy (non-hydrogen) atoms. The summed E-state index contributed by atoms with van der Waals surface area (Å²) in [6.07, 6.45) is 1.44. The predicted octanol–water partition coefficient (Wildman–Crippen LogP) is 0.712. The second-order valence-corrected chi connectivity index (χ2v) is 8.57. The monoisotopic (exact) mass is 413 g/mol. The minimum absolute atomic E-state index is 0.0284. The molecule has 2 aromatic carbocycles. The van der Waals surface area contributed by atoms with Crippen LogP contribution in [0.5, 0.6) is 5.75 Å². The summed E-state index contributed by atoms with van der Waals surface area (Å²) in [5, 5.41) is 25.3. The fourth-order valence-corrected chi connectivity index (χ4v) is 4.76. The minimum atomic E-state index is -3.73. The smallest absolute Gasteiger partial charge is 0.492 e. The first-order valence-electron chi connectivity index (χ1n) is 9.17. The van der Waals surface area contributed by atoms with Crippen LogP contribution in [-0.2, 0) is 10.0 Å². The van der Waals surface area contributed by atoms with Gasteiger partial charge in [-0.25, -0.2) is 5.01 Å². The van der Waals surface area contributed by atoms with E-state index in [1.165, 1.54) is 7.11 Å².